The number of hydrogen-bond acceptors (Lipinski definition) is 4. The Morgan fingerprint density at radius 2 is 1.62 bits per heavy atom. The number of hydrazine groups is 1. The van der Waals surface area contributed by atoms with Gasteiger partial charge in [0.1, 0.15) is 0 Å². The van der Waals surface area contributed by atoms with Crippen molar-refractivity contribution in [1.29, 1.82) is 0 Å². The zero-order valence-electron chi connectivity index (χ0n) is 14.6. The van der Waals surface area contributed by atoms with Crippen molar-refractivity contribution in [1.82, 2.24) is 26.5 Å². The van der Waals surface area contributed by atoms with Crippen LogP contribution in [-0.4, -0.2) is 28.9 Å². The molecule has 0 saturated heterocycles. The Morgan fingerprint density at radius 3 is 2.19 bits per heavy atom. The van der Waals surface area contributed by atoms with E-state index in [1.165, 1.54) is 6.20 Å². The largest absolute Gasteiger partial charge is 0.336 e. The maximum Gasteiger partial charge on any atom is 0.315 e. The molecule has 1 aromatic carbocycles. The standard InChI is InChI=1S/C18H21N5O3/c1-12(2)21-18(26)20-10-13-5-7-14(8-6-13)16(24)22-23-17(25)15-4-3-9-19-11-15/h3-9,11-12H,10H2,1-2H3,(H,22,24)(H,23,25)(H2,20,21,26). The topological polar surface area (TPSA) is 112 Å². The van der Waals surface area contributed by atoms with Crippen LogP contribution >= 0.6 is 0 Å². The van der Waals surface area contributed by atoms with Crippen molar-refractivity contribution in [3.8, 4) is 0 Å². The van der Waals surface area contributed by atoms with Crippen LogP contribution in [0.4, 0.5) is 4.79 Å². The van der Waals surface area contributed by atoms with Gasteiger partial charge in [0.15, 0.2) is 0 Å². The average Bonchev–Trinajstić information content (AvgIpc) is 2.64. The number of aromatic nitrogens is 1. The summed E-state index contributed by atoms with van der Waals surface area (Å²) >= 11 is 0. The molecule has 1 heterocycles. The Bertz CT molecular complexity index is 760. The number of hydrogen-bond donors (Lipinski definition) is 4. The molecular formula is C18H21N5O3. The molecule has 0 fully saturated rings. The Morgan fingerprint density at radius 1 is 0.962 bits per heavy atom. The first-order valence-corrected chi connectivity index (χ1v) is 8.09. The molecule has 0 aliphatic heterocycles. The Kier molecular flexibility index (Phi) is 6.67. The maximum absolute atomic E-state index is 12.1. The number of carbonyl (C=O) groups excluding carboxylic acids is 3. The molecule has 0 spiro atoms. The van der Waals surface area contributed by atoms with E-state index in [0.29, 0.717) is 17.7 Å². The number of pyridine rings is 1. The predicted molar refractivity (Wildman–Crippen MR) is 96.1 cm³/mol. The Balaban J connectivity index is 1.82. The molecule has 2 aromatic rings. The van der Waals surface area contributed by atoms with Gasteiger partial charge >= 0.3 is 6.03 Å². The molecule has 0 aliphatic rings. The molecule has 26 heavy (non-hydrogen) atoms. The van der Waals surface area contributed by atoms with Crippen LogP contribution in [0.15, 0.2) is 48.8 Å². The van der Waals surface area contributed by atoms with Crippen molar-refractivity contribution in [2.24, 2.45) is 0 Å². The second-order valence-corrected chi connectivity index (χ2v) is 5.83. The Hall–Kier alpha value is -3.42. The van der Waals surface area contributed by atoms with Crippen molar-refractivity contribution in [2.75, 3.05) is 0 Å². The summed E-state index contributed by atoms with van der Waals surface area (Å²) in [6, 6.07) is 9.71. The lowest BCUT2D eigenvalue weighted by molar-refractivity contribution is 0.0846. The molecular weight excluding hydrogens is 334 g/mol. The van der Waals surface area contributed by atoms with Crippen LogP contribution in [0.3, 0.4) is 0 Å². The smallest absolute Gasteiger partial charge is 0.315 e. The highest BCUT2D eigenvalue weighted by Gasteiger charge is 2.09. The Labute approximate surface area is 151 Å². The van der Waals surface area contributed by atoms with Crippen molar-refractivity contribution in [3.05, 3.63) is 65.5 Å². The van der Waals surface area contributed by atoms with Crippen molar-refractivity contribution in [3.63, 3.8) is 0 Å². The second-order valence-electron chi connectivity index (χ2n) is 5.83. The molecule has 1 aromatic heterocycles. The van der Waals surface area contributed by atoms with Gasteiger partial charge in [0, 0.05) is 30.5 Å². The van der Waals surface area contributed by atoms with E-state index in [9.17, 15) is 14.4 Å². The summed E-state index contributed by atoms with van der Waals surface area (Å²) in [6.07, 6.45) is 2.96. The number of amides is 4. The number of nitrogens with one attached hydrogen (secondary N) is 4. The van der Waals surface area contributed by atoms with E-state index in [1.807, 2.05) is 13.8 Å². The van der Waals surface area contributed by atoms with E-state index in [0.717, 1.165) is 5.56 Å². The zero-order chi connectivity index (χ0) is 18.9. The summed E-state index contributed by atoms with van der Waals surface area (Å²) < 4.78 is 0. The summed E-state index contributed by atoms with van der Waals surface area (Å²) in [6.45, 7) is 4.10. The fourth-order valence-corrected chi connectivity index (χ4v) is 2.02. The highest BCUT2D eigenvalue weighted by molar-refractivity contribution is 5.98. The molecule has 2 rings (SSSR count). The molecule has 0 bridgehead atoms. The summed E-state index contributed by atoms with van der Waals surface area (Å²) in [4.78, 5) is 39.3. The first-order valence-electron chi connectivity index (χ1n) is 8.09. The van der Waals surface area contributed by atoms with Gasteiger partial charge < -0.3 is 10.6 Å². The van der Waals surface area contributed by atoms with Crippen LogP contribution in [0.25, 0.3) is 0 Å². The number of carbonyl (C=O) groups is 3. The lowest BCUT2D eigenvalue weighted by Crippen LogP contribution is -2.41. The van der Waals surface area contributed by atoms with Crippen LogP contribution in [0, 0.1) is 0 Å². The number of nitrogens with zero attached hydrogens (tertiary/aromatic N) is 1. The lowest BCUT2D eigenvalue weighted by Gasteiger charge is -2.10. The quantitative estimate of drug-likeness (QED) is 0.607. The van der Waals surface area contributed by atoms with Crippen LogP contribution in [-0.2, 0) is 6.54 Å². The zero-order valence-corrected chi connectivity index (χ0v) is 14.6. The fourth-order valence-electron chi connectivity index (χ4n) is 2.02. The van der Waals surface area contributed by atoms with E-state index in [2.05, 4.69) is 26.5 Å². The van der Waals surface area contributed by atoms with Gasteiger partial charge in [0.25, 0.3) is 11.8 Å². The number of rotatable bonds is 5. The molecule has 0 atom stereocenters. The fraction of sp³-hybridized carbons (Fsp3) is 0.222. The van der Waals surface area contributed by atoms with Crippen LogP contribution in [0.1, 0.15) is 40.1 Å². The van der Waals surface area contributed by atoms with Crippen LogP contribution in [0.2, 0.25) is 0 Å². The van der Waals surface area contributed by atoms with Crippen molar-refractivity contribution in [2.45, 2.75) is 26.4 Å². The first-order chi connectivity index (χ1) is 12.5. The molecule has 0 aliphatic carbocycles. The third-order valence-corrected chi connectivity index (χ3v) is 3.30. The molecule has 8 nitrogen and oxygen atoms in total. The average molecular weight is 355 g/mol. The van der Waals surface area contributed by atoms with E-state index in [4.69, 9.17) is 0 Å². The molecule has 4 N–H and O–H groups in total. The number of benzene rings is 1. The van der Waals surface area contributed by atoms with Crippen LogP contribution in [0.5, 0.6) is 0 Å². The SMILES string of the molecule is CC(C)NC(=O)NCc1ccc(C(=O)NNC(=O)c2cccnc2)cc1. The summed E-state index contributed by atoms with van der Waals surface area (Å²) in [7, 11) is 0. The van der Waals surface area contributed by atoms with Gasteiger partial charge in [-0.05, 0) is 43.7 Å². The second kappa shape index (κ2) is 9.16. The monoisotopic (exact) mass is 355 g/mol. The lowest BCUT2D eigenvalue weighted by atomic mass is 10.1. The molecule has 0 saturated carbocycles. The predicted octanol–water partition coefficient (Wildman–Crippen LogP) is 1.36. The first kappa shape index (κ1) is 18.9. The van der Waals surface area contributed by atoms with Gasteiger partial charge in [0.05, 0.1) is 5.56 Å². The van der Waals surface area contributed by atoms with Crippen molar-refractivity contribution < 1.29 is 14.4 Å². The third-order valence-electron chi connectivity index (χ3n) is 3.30. The van der Waals surface area contributed by atoms with Gasteiger partial charge in [-0.2, -0.15) is 0 Å². The van der Waals surface area contributed by atoms with E-state index >= 15 is 0 Å². The van der Waals surface area contributed by atoms with E-state index in [1.54, 1.807) is 42.6 Å². The number of urea groups is 1. The van der Waals surface area contributed by atoms with Gasteiger partial charge in [-0.3, -0.25) is 25.4 Å². The van der Waals surface area contributed by atoms with Gasteiger partial charge in [-0.25, -0.2) is 4.79 Å². The van der Waals surface area contributed by atoms with E-state index < -0.39 is 11.8 Å². The molecule has 4 amide bonds. The minimum Gasteiger partial charge on any atom is -0.336 e. The van der Waals surface area contributed by atoms with Gasteiger partial charge in [-0.1, -0.05) is 12.1 Å². The molecule has 0 unspecified atom stereocenters. The molecule has 136 valence electrons. The highest BCUT2D eigenvalue weighted by Crippen LogP contribution is 2.04. The normalized spacial score (nSPS) is 10.1. The highest BCUT2D eigenvalue weighted by atomic mass is 16.2. The summed E-state index contributed by atoms with van der Waals surface area (Å²) in [5.74, 6) is -0.900. The maximum atomic E-state index is 12.1. The van der Waals surface area contributed by atoms with Gasteiger partial charge in [-0.15, -0.1) is 0 Å². The third kappa shape index (κ3) is 5.90. The van der Waals surface area contributed by atoms with Crippen LogP contribution < -0.4 is 21.5 Å². The minimum atomic E-state index is -0.455. The summed E-state index contributed by atoms with van der Waals surface area (Å²) in [5.41, 5.74) is 6.24. The minimum absolute atomic E-state index is 0.0583. The van der Waals surface area contributed by atoms with E-state index in [-0.39, 0.29) is 12.1 Å². The van der Waals surface area contributed by atoms with Crippen molar-refractivity contribution >= 4 is 17.8 Å². The molecule has 0 radical (unpaired) electrons. The van der Waals surface area contributed by atoms with Gasteiger partial charge in [0.2, 0.25) is 0 Å². The summed E-state index contributed by atoms with van der Waals surface area (Å²) in [5, 5.41) is 5.45. The molecule has 8 heteroatoms.